The Kier molecular flexibility index (Phi) is 3.54. The van der Waals surface area contributed by atoms with Crippen LogP contribution in [0.15, 0.2) is 42.5 Å². The van der Waals surface area contributed by atoms with Crippen molar-refractivity contribution in [3.63, 3.8) is 0 Å². The second-order valence-corrected chi connectivity index (χ2v) is 8.84. The zero-order chi connectivity index (χ0) is 19.5. The first-order valence-corrected chi connectivity index (χ1v) is 9.70. The molecule has 0 spiro atoms. The van der Waals surface area contributed by atoms with Crippen LogP contribution in [0.1, 0.15) is 46.3 Å². The fraction of sp³-hybridized carbons (Fsp3) is 0.348. The summed E-state index contributed by atoms with van der Waals surface area (Å²) < 4.78 is 10.9. The van der Waals surface area contributed by atoms with Crippen LogP contribution in [0.25, 0.3) is 10.9 Å². The van der Waals surface area contributed by atoms with Gasteiger partial charge >= 0.3 is 0 Å². The number of fused-ring (bicyclic) bond motifs is 2. The lowest BCUT2D eigenvalue weighted by Crippen LogP contribution is -2.27. The van der Waals surface area contributed by atoms with E-state index in [0.29, 0.717) is 0 Å². The molecule has 1 saturated carbocycles. The van der Waals surface area contributed by atoms with Crippen LogP contribution in [-0.2, 0) is 15.6 Å². The number of carbonyl (C=O) groups excluding carboxylic acids is 1. The molecule has 2 N–H and O–H groups in total. The fourth-order valence-corrected chi connectivity index (χ4v) is 3.83. The molecule has 1 aromatic heterocycles. The van der Waals surface area contributed by atoms with Crippen molar-refractivity contribution in [1.82, 2.24) is 4.98 Å². The molecule has 5 nitrogen and oxygen atoms in total. The predicted octanol–water partition coefficient (Wildman–Crippen LogP) is 5.11. The summed E-state index contributed by atoms with van der Waals surface area (Å²) in [7, 11) is 0. The van der Waals surface area contributed by atoms with E-state index in [1.165, 1.54) is 5.69 Å². The lowest BCUT2D eigenvalue weighted by molar-refractivity contribution is -0.118. The number of H-pyrrole nitrogens is 1. The number of aromatic nitrogens is 1. The molecule has 5 heteroatoms. The first kappa shape index (κ1) is 17.2. The Morgan fingerprint density at radius 3 is 2.61 bits per heavy atom. The van der Waals surface area contributed by atoms with Gasteiger partial charge in [0.15, 0.2) is 11.5 Å². The van der Waals surface area contributed by atoms with Gasteiger partial charge in [-0.2, -0.15) is 0 Å². The maximum Gasteiger partial charge on any atom is 0.235 e. The maximum atomic E-state index is 13.1. The fourth-order valence-electron chi connectivity index (χ4n) is 3.83. The second-order valence-electron chi connectivity index (χ2n) is 8.84. The molecule has 1 amide bonds. The summed E-state index contributed by atoms with van der Waals surface area (Å²) in [6.07, 6.45) is 1.69. The Labute approximate surface area is 165 Å². The van der Waals surface area contributed by atoms with Crippen LogP contribution in [0.3, 0.4) is 0 Å². The van der Waals surface area contributed by atoms with Crippen LogP contribution in [-0.4, -0.2) is 17.7 Å². The number of nitrogens with one attached hydrogen (secondary N) is 2. The zero-order valence-electron chi connectivity index (χ0n) is 16.4. The van der Waals surface area contributed by atoms with Crippen molar-refractivity contribution < 1.29 is 15.7 Å². The van der Waals surface area contributed by atoms with E-state index in [1.807, 2.05) is 36.4 Å². The van der Waals surface area contributed by atoms with Crippen LogP contribution in [0.2, 0.25) is 0 Å². The summed E-state index contributed by atoms with van der Waals surface area (Å²) in [4.78, 5) is 16.6. The summed E-state index contributed by atoms with van der Waals surface area (Å²) in [6.45, 7) is 6.79. The van der Waals surface area contributed by atoms with E-state index < -0.39 is 5.41 Å². The van der Waals surface area contributed by atoms with Gasteiger partial charge in [0.25, 0.3) is 0 Å². The van der Waals surface area contributed by atoms with E-state index in [-0.39, 0.29) is 19.5 Å². The quantitative estimate of drug-likeness (QED) is 0.666. The molecule has 146 valence electrons. The topological polar surface area (TPSA) is 63.4 Å². The number of amides is 1. The van der Waals surface area contributed by atoms with Crippen LogP contribution in [0.5, 0.6) is 11.5 Å². The van der Waals surface area contributed by atoms with Crippen LogP contribution < -0.4 is 14.8 Å². The van der Waals surface area contributed by atoms with Gasteiger partial charge in [-0.15, -0.1) is 0 Å². The monoisotopic (exact) mass is 378 g/mol. The number of rotatable bonds is 3. The molecular formula is C23H26N2O3. The lowest BCUT2D eigenvalue weighted by atomic mass is 9.92. The molecule has 2 aromatic carbocycles. The summed E-state index contributed by atoms with van der Waals surface area (Å²) in [6, 6.07) is 14.0. The number of anilines is 1. The van der Waals surface area contributed by atoms with Crippen molar-refractivity contribution in [1.29, 1.82) is 0 Å². The Morgan fingerprint density at radius 2 is 1.86 bits per heavy atom. The molecule has 1 aliphatic heterocycles. The van der Waals surface area contributed by atoms with E-state index in [4.69, 9.17) is 9.47 Å². The minimum Gasteiger partial charge on any atom is -0.454 e. The summed E-state index contributed by atoms with van der Waals surface area (Å²) in [5, 5.41) is 4.23. The highest BCUT2D eigenvalue weighted by Gasteiger charge is 2.51. The minimum absolute atomic E-state index is 0. The van der Waals surface area contributed by atoms with Gasteiger partial charge in [-0.25, -0.2) is 0 Å². The molecule has 1 aliphatic carbocycles. The van der Waals surface area contributed by atoms with Crippen molar-refractivity contribution in [3.8, 4) is 11.5 Å². The highest BCUT2D eigenvalue weighted by molar-refractivity contribution is 6.02. The minimum atomic E-state index is -0.468. The number of carbonyl (C=O) groups is 1. The first-order valence-electron chi connectivity index (χ1n) is 9.70. The zero-order valence-corrected chi connectivity index (χ0v) is 16.4. The Balaban J connectivity index is 0.00000205. The molecule has 0 atom stereocenters. The smallest absolute Gasteiger partial charge is 0.235 e. The van der Waals surface area contributed by atoms with E-state index in [0.717, 1.165) is 46.5 Å². The molecule has 0 radical (unpaired) electrons. The second kappa shape index (κ2) is 5.77. The van der Waals surface area contributed by atoms with Gasteiger partial charge in [-0.1, -0.05) is 26.8 Å². The third kappa shape index (κ3) is 2.73. The molecule has 28 heavy (non-hydrogen) atoms. The Bertz CT molecular complexity index is 1090. The molecule has 0 bridgehead atoms. The number of aromatic amines is 1. The van der Waals surface area contributed by atoms with Gasteiger partial charge in [0.1, 0.15) is 0 Å². The normalized spacial score (nSPS) is 17.0. The van der Waals surface area contributed by atoms with E-state index in [9.17, 15) is 4.79 Å². The van der Waals surface area contributed by atoms with Gasteiger partial charge in [-0.3, -0.25) is 4.79 Å². The summed E-state index contributed by atoms with van der Waals surface area (Å²) in [5.41, 5.74) is 3.67. The van der Waals surface area contributed by atoms with Crippen molar-refractivity contribution >= 4 is 22.5 Å². The van der Waals surface area contributed by atoms with Crippen LogP contribution in [0, 0.1) is 0 Å². The largest absolute Gasteiger partial charge is 0.454 e. The Morgan fingerprint density at radius 1 is 1.07 bits per heavy atom. The van der Waals surface area contributed by atoms with Crippen LogP contribution in [0.4, 0.5) is 5.69 Å². The van der Waals surface area contributed by atoms with Gasteiger partial charge in [0.2, 0.25) is 12.7 Å². The standard InChI is InChI=1S/C23H24N2O3.H2/c1-22(2,3)20-11-14-10-16(5-6-17(14)25-20)24-21(26)23(8-9-23)15-4-7-18-19(12-15)28-13-27-18;/h4-7,10-12,25H,8-9,13H2,1-3H3,(H,24,26);1H. The number of benzene rings is 2. The molecule has 0 unspecified atom stereocenters. The molecule has 2 aliphatic rings. The summed E-state index contributed by atoms with van der Waals surface area (Å²) in [5.74, 6) is 1.50. The number of hydrogen-bond acceptors (Lipinski definition) is 3. The average Bonchev–Trinajstić information content (AvgIpc) is 3.13. The number of ether oxygens (including phenoxy) is 2. The molecule has 5 rings (SSSR count). The average molecular weight is 378 g/mol. The molecular weight excluding hydrogens is 352 g/mol. The van der Waals surface area contributed by atoms with Crippen molar-refractivity contribution in [3.05, 3.63) is 53.7 Å². The molecule has 2 heterocycles. The van der Waals surface area contributed by atoms with E-state index >= 15 is 0 Å². The maximum absolute atomic E-state index is 13.1. The molecule has 3 aromatic rings. The summed E-state index contributed by atoms with van der Waals surface area (Å²) >= 11 is 0. The van der Waals surface area contributed by atoms with E-state index in [2.05, 4.69) is 37.1 Å². The van der Waals surface area contributed by atoms with Crippen molar-refractivity contribution in [2.75, 3.05) is 12.1 Å². The highest BCUT2D eigenvalue weighted by Crippen LogP contribution is 2.51. The number of hydrogen-bond donors (Lipinski definition) is 2. The third-order valence-electron chi connectivity index (χ3n) is 5.80. The van der Waals surface area contributed by atoms with E-state index in [1.54, 1.807) is 0 Å². The lowest BCUT2D eigenvalue weighted by Gasteiger charge is -2.16. The Hall–Kier alpha value is -2.95. The van der Waals surface area contributed by atoms with Gasteiger partial charge in [-0.05, 0) is 54.8 Å². The highest BCUT2D eigenvalue weighted by atomic mass is 16.7. The van der Waals surface area contributed by atoms with Gasteiger partial charge < -0.3 is 19.8 Å². The predicted molar refractivity (Wildman–Crippen MR) is 111 cm³/mol. The van der Waals surface area contributed by atoms with Gasteiger partial charge in [0, 0.05) is 29.1 Å². The van der Waals surface area contributed by atoms with Gasteiger partial charge in [0.05, 0.1) is 5.41 Å². The van der Waals surface area contributed by atoms with Crippen molar-refractivity contribution in [2.45, 2.75) is 44.4 Å². The van der Waals surface area contributed by atoms with Crippen LogP contribution >= 0.6 is 0 Å². The first-order chi connectivity index (χ1) is 13.3. The molecule has 1 fully saturated rings. The molecule has 0 saturated heterocycles. The third-order valence-corrected chi connectivity index (χ3v) is 5.80. The van der Waals surface area contributed by atoms with Crippen molar-refractivity contribution in [2.24, 2.45) is 0 Å². The SMILES string of the molecule is CC(C)(C)c1cc2cc(NC(=O)C3(c4ccc5c(c4)OCO5)CC3)ccc2[nH]1.[HH].